The molecule has 1 amide bonds. The Hall–Kier alpha value is -3.46. The molecule has 3 aromatic rings. The summed E-state index contributed by atoms with van der Waals surface area (Å²) in [5.74, 6) is -0.0557. The molecule has 9 heteroatoms. The molecule has 1 aromatic heterocycles. The first kappa shape index (κ1) is 20.8. The molecule has 31 heavy (non-hydrogen) atoms. The normalized spacial score (nSPS) is 16.5. The number of alkyl halides is 3. The van der Waals surface area contributed by atoms with Crippen LogP contribution in [0.3, 0.4) is 0 Å². The van der Waals surface area contributed by atoms with E-state index in [1.807, 2.05) is 0 Å². The predicted octanol–water partition coefficient (Wildman–Crippen LogP) is 3.62. The minimum atomic E-state index is -4.43. The predicted molar refractivity (Wildman–Crippen MR) is 109 cm³/mol. The number of benzene rings is 2. The molecule has 1 aliphatic rings. The third-order valence-corrected chi connectivity index (χ3v) is 5.16. The molecule has 1 aliphatic heterocycles. The average molecular weight is 428 g/mol. The van der Waals surface area contributed by atoms with Gasteiger partial charge in [0, 0.05) is 29.8 Å². The molecule has 0 radical (unpaired) electrons. The van der Waals surface area contributed by atoms with Crippen molar-refractivity contribution in [2.75, 3.05) is 18.8 Å². The van der Waals surface area contributed by atoms with Crippen LogP contribution in [0.25, 0.3) is 22.5 Å². The molecule has 6 nitrogen and oxygen atoms in total. The van der Waals surface area contributed by atoms with Crippen molar-refractivity contribution < 1.29 is 23.1 Å². The number of halogens is 3. The maximum Gasteiger partial charge on any atom is 0.416 e. The van der Waals surface area contributed by atoms with E-state index in [2.05, 4.69) is 9.97 Å². The lowest BCUT2D eigenvalue weighted by atomic mass is 10.1. The van der Waals surface area contributed by atoms with Crippen LogP contribution in [-0.4, -0.2) is 45.1 Å². The summed E-state index contributed by atoms with van der Waals surface area (Å²) in [7, 11) is 0. The van der Waals surface area contributed by atoms with Gasteiger partial charge in [-0.05, 0) is 30.7 Å². The van der Waals surface area contributed by atoms with Gasteiger partial charge < -0.3 is 15.7 Å². The van der Waals surface area contributed by atoms with Crippen molar-refractivity contribution in [1.82, 2.24) is 14.9 Å². The molecule has 1 unspecified atom stereocenters. The van der Waals surface area contributed by atoms with Gasteiger partial charge in [-0.25, -0.2) is 9.97 Å². The third-order valence-electron chi connectivity index (χ3n) is 5.16. The maximum atomic E-state index is 12.8. The summed E-state index contributed by atoms with van der Waals surface area (Å²) in [6.45, 7) is 0.836. The Labute approximate surface area is 176 Å². The fourth-order valence-electron chi connectivity index (χ4n) is 3.46. The summed E-state index contributed by atoms with van der Waals surface area (Å²) in [6, 6.07) is 11.3. The molecule has 0 aliphatic carbocycles. The van der Waals surface area contributed by atoms with Gasteiger partial charge in [-0.3, -0.25) is 4.79 Å². The number of nitrogen functional groups attached to an aromatic ring is 1. The van der Waals surface area contributed by atoms with Crippen LogP contribution in [0, 0.1) is 0 Å². The summed E-state index contributed by atoms with van der Waals surface area (Å²) in [4.78, 5) is 22.7. The number of anilines is 1. The van der Waals surface area contributed by atoms with E-state index in [0.29, 0.717) is 41.9 Å². The molecule has 0 bridgehead atoms. The van der Waals surface area contributed by atoms with E-state index in [-0.39, 0.29) is 17.4 Å². The van der Waals surface area contributed by atoms with Gasteiger partial charge in [-0.2, -0.15) is 13.2 Å². The van der Waals surface area contributed by atoms with Crippen LogP contribution >= 0.6 is 0 Å². The largest absolute Gasteiger partial charge is 0.416 e. The zero-order chi connectivity index (χ0) is 22.2. The second-order valence-corrected chi connectivity index (χ2v) is 7.34. The Balaban J connectivity index is 1.59. The standard InChI is InChI=1S/C22H19F3N4O2/c23-22(24,25)16-7-5-14(6-8-16)19-20(26)27-11-18(28-19)13-1-3-15(4-2-13)21(31)29-10-9-17(30)12-29/h1-8,11,17,30H,9-10,12H2,(H2,26,27). The molecule has 1 saturated heterocycles. The lowest BCUT2D eigenvalue weighted by Crippen LogP contribution is -2.29. The smallest absolute Gasteiger partial charge is 0.391 e. The second kappa shape index (κ2) is 7.99. The summed E-state index contributed by atoms with van der Waals surface area (Å²) in [5.41, 5.74) is 7.47. The Morgan fingerprint density at radius 3 is 2.29 bits per heavy atom. The number of nitrogens with zero attached hydrogens (tertiary/aromatic N) is 3. The number of likely N-dealkylation sites (tertiary alicyclic amines) is 1. The number of aliphatic hydroxyl groups excluding tert-OH is 1. The van der Waals surface area contributed by atoms with Gasteiger partial charge in [0.25, 0.3) is 5.91 Å². The molecule has 4 rings (SSSR count). The van der Waals surface area contributed by atoms with Gasteiger partial charge in [0.15, 0.2) is 0 Å². The zero-order valence-electron chi connectivity index (χ0n) is 16.3. The summed E-state index contributed by atoms with van der Waals surface area (Å²) < 4.78 is 38.4. The zero-order valence-corrected chi connectivity index (χ0v) is 16.3. The van der Waals surface area contributed by atoms with Gasteiger partial charge in [0.2, 0.25) is 0 Å². The topological polar surface area (TPSA) is 92.3 Å². The SMILES string of the molecule is Nc1ncc(-c2ccc(C(=O)N3CCC(O)C3)cc2)nc1-c1ccc(C(F)(F)F)cc1. The Kier molecular flexibility index (Phi) is 5.36. The molecule has 1 fully saturated rings. The first-order valence-electron chi connectivity index (χ1n) is 9.60. The molecular weight excluding hydrogens is 409 g/mol. The van der Waals surface area contributed by atoms with Crippen LogP contribution in [-0.2, 0) is 6.18 Å². The first-order valence-corrected chi connectivity index (χ1v) is 9.60. The van der Waals surface area contributed by atoms with Crippen molar-refractivity contribution >= 4 is 11.7 Å². The average Bonchev–Trinajstić information content (AvgIpc) is 3.19. The molecule has 0 saturated carbocycles. The number of rotatable bonds is 3. The molecule has 160 valence electrons. The van der Waals surface area contributed by atoms with E-state index in [9.17, 15) is 23.1 Å². The van der Waals surface area contributed by atoms with Gasteiger partial charge in [0.1, 0.15) is 11.5 Å². The lowest BCUT2D eigenvalue weighted by Gasteiger charge is -2.15. The summed E-state index contributed by atoms with van der Waals surface area (Å²) in [6.07, 6.45) is -2.88. The Bertz CT molecular complexity index is 1100. The van der Waals surface area contributed by atoms with E-state index in [1.165, 1.54) is 18.3 Å². The van der Waals surface area contributed by atoms with Crippen molar-refractivity contribution in [1.29, 1.82) is 0 Å². The van der Waals surface area contributed by atoms with E-state index in [1.54, 1.807) is 29.2 Å². The molecule has 2 aromatic carbocycles. The number of hydrogen-bond donors (Lipinski definition) is 2. The molecule has 0 spiro atoms. The molecule has 1 atom stereocenters. The highest BCUT2D eigenvalue weighted by Crippen LogP contribution is 2.32. The number of hydrogen-bond acceptors (Lipinski definition) is 5. The minimum absolute atomic E-state index is 0.0999. The Morgan fingerprint density at radius 1 is 1.06 bits per heavy atom. The van der Waals surface area contributed by atoms with Crippen LogP contribution in [0.1, 0.15) is 22.3 Å². The van der Waals surface area contributed by atoms with Gasteiger partial charge in [-0.15, -0.1) is 0 Å². The van der Waals surface area contributed by atoms with E-state index >= 15 is 0 Å². The molecular formula is C22H19F3N4O2. The van der Waals surface area contributed by atoms with Gasteiger partial charge in [-0.1, -0.05) is 24.3 Å². The van der Waals surface area contributed by atoms with E-state index < -0.39 is 17.8 Å². The highest BCUT2D eigenvalue weighted by atomic mass is 19.4. The number of carbonyl (C=O) groups excluding carboxylic acids is 1. The van der Waals surface area contributed by atoms with Gasteiger partial charge in [0.05, 0.1) is 23.6 Å². The summed E-state index contributed by atoms with van der Waals surface area (Å²) >= 11 is 0. The third kappa shape index (κ3) is 4.36. The van der Waals surface area contributed by atoms with Gasteiger partial charge >= 0.3 is 6.18 Å². The molecule has 2 heterocycles. The highest BCUT2D eigenvalue weighted by Gasteiger charge is 2.30. The van der Waals surface area contributed by atoms with Crippen LogP contribution < -0.4 is 5.73 Å². The van der Waals surface area contributed by atoms with E-state index in [0.717, 1.165) is 12.1 Å². The number of amides is 1. The number of β-amino-alcohol motifs (C(OH)–C–C–N with tert-alkyl or cyclic N) is 1. The Morgan fingerprint density at radius 2 is 1.71 bits per heavy atom. The fourth-order valence-corrected chi connectivity index (χ4v) is 3.46. The van der Waals surface area contributed by atoms with Crippen LogP contribution in [0.15, 0.2) is 54.7 Å². The van der Waals surface area contributed by atoms with Crippen molar-refractivity contribution in [3.63, 3.8) is 0 Å². The lowest BCUT2D eigenvalue weighted by molar-refractivity contribution is -0.137. The fraction of sp³-hybridized carbons (Fsp3) is 0.227. The first-order chi connectivity index (χ1) is 14.7. The minimum Gasteiger partial charge on any atom is -0.391 e. The second-order valence-electron chi connectivity index (χ2n) is 7.34. The van der Waals surface area contributed by atoms with Crippen molar-refractivity contribution in [3.8, 4) is 22.5 Å². The number of carbonyl (C=O) groups is 1. The van der Waals surface area contributed by atoms with Crippen LogP contribution in [0.5, 0.6) is 0 Å². The quantitative estimate of drug-likeness (QED) is 0.665. The van der Waals surface area contributed by atoms with Crippen LogP contribution in [0.2, 0.25) is 0 Å². The van der Waals surface area contributed by atoms with E-state index in [4.69, 9.17) is 5.73 Å². The van der Waals surface area contributed by atoms with Crippen molar-refractivity contribution in [2.45, 2.75) is 18.7 Å². The monoisotopic (exact) mass is 428 g/mol. The number of aliphatic hydroxyl groups is 1. The number of aromatic nitrogens is 2. The van der Waals surface area contributed by atoms with Crippen molar-refractivity contribution in [2.24, 2.45) is 0 Å². The van der Waals surface area contributed by atoms with Crippen LogP contribution in [0.4, 0.5) is 19.0 Å². The number of nitrogens with two attached hydrogens (primary N) is 1. The maximum absolute atomic E-state index is 12.8. The summed E-state index contributed by atoms with van der Waals surface area (Å²) in [5, 5.41) is 9.61. The molecule has 3 N–H and O–H groups in total. The van der Waals surface area contributed by atoms with Crippen molar-refractivity contribution in [3.05, 3.63) is 65.9 Å². The highest BCUT2D eigenvalue weighted by molar-refractivity contribution is 5.95.